The van der Waals surface area contributed by atoms with E-state index in [4.69, 9.17) is 20.6 Å². The summed E-state index contributed by atoms with van der Waals surface area (Å²) < 4.78 is 10.4. The third-order valence-electron chi connectivity index (χ3n) is 2.90. The quantitative estimate of drug-likeness (QED) is 0.292. The highest BCUT2D eigenvalue weighted by Gasteiger charge is 2.10. The SMILES string of the molecule is COc1cc(C(=N)N)ccc1OC(=O)/C=C/c1ccccc1. The molecule has 0 bridgehead atoms. The van der Waals surface area contributed by atoms with Crippen LogP contribution in [0.15, 0.2) is 54.6 Å². The number of benzene rings is 2. The molecule has 0 aliphatic heterocycles. The predicted octanol–water partition coefficient (Wildman–Crippen LogP) is 2.60. The fraction of sp³-hybridized carbons (Fsp3) is 0.0588. The second kappa shape index (κ2) is 7.08. The Morgan fingerprint density at radius 1 is 1.14 bits per heavy atom. The third-order valence-corrected chi connectivity index (χ3v) is 2.90. The van der Waals surface area contributed by atoms with E-state index in [1.807, 2.05) is 30.3 Å². The molecule has 0 aromatic heterocycles. The molecule has 0 aliphatic rings. The number of nitrogens with two attached hydrogens (primary N) is 1. The summed E-state index contributed by atoms with van der Waals surface area (Å²) in [6.07, 6.45) is 3.01. The van der Waals surface area contributed by atoms with Crippen molar-refractivity contribution in [1.29, 1.82) is 5.41 Å². The van der Waals surface area contributed by atoms with Crippen LogP contribution in [0.1, 0.15) is 11.1 Å². The highest BCUT2D eigenvalue weighted by Crippen LogP contribution is 2.28. The lowest BCUT2D eigenvalue weighted by Gasteiger charge is -2.09. The number of hydrogen-bond acceptors (Lipinski definition) is 4. The molecule has 2 rings (SSSR count). The molecule has 2 aromatic rings. The van der Waals surface area contributed by atoms with Gasteiger partial charge >= 0.3 is 5.97 Å². The molecule has 5 nitrogen and oxygen atoms in total. The molecular weight excluding hydrogens is 280 g/mol. The first-order valence-corrected chi connectivity index (χ1v) is 6.57. The number of carbonyl (C=O) groups is 1. The van der Waals surface area contributed by atoms with E-state index in [-0.39, 0.29) is 11.6 Å². The van der Waals surface area contributed by atoms with Gasteiger partial charge in [0.05, 0.1) is 7.11 Å². The van der Waals surface area contributed by atoms with Crippen molar-refractivity contribution in [2.45, 2.75) is 0 Å². The number of rotatable bonds is 5. The van der Waals surface area contributed by atoms with Gasteiger partial charge in [-0.25, -0.2) is 4.79 Å². The summed E-state index contributed by atoms with van der Waals surface area (Å²) >= 11 is 0. The number of carbonyl (C=O) groups excluding carboxylic acids is 1. The van der Waals surface area contributed by atoms with E-state index in [0.29, 0.717) is 11.3 Å². The van der Waals surface area contributed by atoms with Gasteiger partial charge in [0.15, 0.2) is 11.5 Å². The molecule has 2 aromatic carbocycles. The van der Waals surface area contributed by atoms with Gasteiger partial charge in [-0.15, -0.1) is 0 Å². The van der Waals surface area contributed by atoms with Crippen LogP contribution in [-0.2, 0) is 4.79 Å². The molecule has 112 valence electrons. The minimum atomic E-state index is -0.516. The Hall–Kier alpha value is -3.08. The smallest absolute Gasteiger partial charge is 0.336 e. The van der Waals surface area contributed by atoms with Crippen LogP contribution in [0.25, 0.3) is 6.08 Å². The summed E-state index contributed by atoms with van der Waals surface area (Å²) in [6, 6.07) is 14.1. The topological polar surface area (TPSA) is 85.4 Å². The Bertz CT molecular complexity index is 709. The average Bonchev–Trinajstić information content (AvgIpc) is 2.54. The van der Waals surface area contributed by atoms with Crippen molar-refractivity contribution in [2.75, 3.05) is 7.11 Å². The lowest BCUT2D eigenvalue weighted by atomic mass is 10.2. The standard InChI is InChI=1S/C17H16N2O3/c1-21-15-11-13(17(18)19)8-9-14(15)22-16(20)10-7-12-5-3-2-4-6-12/h2-11H,1H3,(H3,18,19)/b10-7+. The molecule has 5 heteroatoms. The molecule has 0 spiro atoms. The molecule has 0 atom stereocenters. The molecule has 3 N–H and O–H groups in total. The van der Waals surface area contributed by atoms with Crippen LogP contribution in [0.5, 0.6) is 11.5 Å². The minimum absolute atomic E-state index is 0.0832. The van der Waals surface area contributed by atoms with E-state index in [1.54, 1.807) is 24.3 Å². The van der Waals surface area contributed by atoms with Crippen molar-refractivity contribution in [3.05, 3.63) is 65.7 Å². The van der Waals surface area contributed by atoms with Gasteiger partial charge in [-0.05, 0) is 29.8 Å². The van der Waals surface area contributed by atoms with Gasteiger partial charge in [-0.3, -0.25) is 5.41 Å². The van der Waals surface area contributed by atoms with Crippen LogP contribution in [0.2, 0.25) is 0 Å². The van der Waals surface area contributed by atoms with Crippen molar-refractivity contribution in [2.24, 2.45) is 5.73 Å². The van der Waals surface area contributed by atoms with Gasteiger partial charge in [-0.1, -0.05) is 30.3 Å². The maximum absolute atomic E-state index is 11.8. The Kier molecular flexibility index (Phi) is 4.93. The Morgan fingerprint density at radius 3 is 2.50 bits per heavy atom. The van der Waals surface area contributed by atoms with Crippen LogP contribution in [0, 0.1) is 5.41 Å². The van der Waals surface area contributed by atoms with Crippen molar-refractivity contribution in [3.63, 3.8) is 0 Å². The first kappa shape index (κ1) is 15.3. The number of nitrogens with one attached hydrogen (secondary N) is 1. The summed E-state index contributed by atoms with van der Waals surface area (Å²) in [5.74, 6) is 0.0160. The van der Waals surface area contributed by atoms with Gasteiger partial charge in [-0.2, -0.15) is 0 Å². The number of amidine groups is 1. The maximum Gasteiger partial charge on any atom is 0.336 e. The fourth-order valence-electron chi connectivity index (χ4n) is 1.79. The lowest BCUT2D eigenvalue weighted by molar-refractivity contribution is -0.129. The molecule has 0 heterocycles. The average molecular weight is 296 g/mol. The molecule has 0 saturated carbocycles. The normalized spacial score (nSPS) is 10.4. The van der Waals surface area contributed by atoms with Crippen molar-refractivity contribution in [3.8, 4) is 11.5 Å². The molecule has 0 saturated heterocycles. The highest BCUT2D eigenvalue weighted by atomic mass is 16.6. The summed E-state index contributed by atoms with van der Waals surface area (Å²) in [4.78, 5) is 11.8. The number of nitrogen functional groups attached to an aromatic ring is 1. The van der Waals surface area contributed by atoms with Crippen LogP contribution in [0.4, 0.5) is 0 Å². The molecular formula is C17H16N2O3. The first-order chi connectivity index (χ1) is 10.6. The van der Waals surface area contributed by atoms with Gasteiger partial charge in [0, 0.05) is 11.6 Å². The van der Waals surface area contributed by atoms with Gasteiger partial charge in [0.25, 0.3) is 0 Å². The van der Waals surface area contributed by atoms with Crippen LogP contribution in [-0.4, -0.2) is 18.9 Å². The van der Waals surface area contributed by atoms with Crippen molar-refractivity contribution in [1.82, 2.24) is 0 Å². The lowest BCUT2D eigenvalue weighted by Crippen LogP contribution is -2.11. The van der Waals surface area contributed by atoms with Crippen LogP contribution in [0.3, 0.4) is 0 Å². The molecule has 0 fully saturated rings. The molecule has 0 amide bonds. The zero-order valence-corrected chi connectivity index (χ0v) is 12.1. The van der Waals surface area contributed by atoms with E-state index in [2.05, 4.69) is 0 Å². The van der Waals surface area contributed by atoms with E-state index in [1.165, 1.54) is 13.2 Å². The summed E-state index contributed by atoms with van der Waals surface area (Å²) in [7, 11) is 1.45. The van der Waals surface area contributed by atoms with E-state index < -0.39 is 5.97 Å². The Balaban J connectivity index is 2.11. The second-order valence-corrected chi connectivity index (χ2v) is 4.44. The van der Waals surface area contributed by atoms with E-state index >= 15 is 0 Å². The summed E-state index contributed by atoms with van der Waals surface area (Å²) in [5.41, 5.74) is 6.81. The number of methoxy groups -OCH3 is 1. The van der Waals surface area contributed by atoms with E-state index in [0.717, 1.165) is 5.56 Å². The first-order valence-electron chi connectivity index (χ1n) is 6.57. The molecule has 22 heavy (non-hydrogen) atoms. The number of hydrogen-bond donors (Lipinski definition) is 2. The Morgan fingerprint density at radius 2 is 1.86 bits per heavy atom. The number of ether oxygens (including phenoxy) is 2. The van der Waals surface area contributed by atoms with Gasteiger partial charge in [0.2, 0.25) is 0 Å². The fourth-order valence-corrected chi connectivity index (χ4v) is 1.79. The highest BCUT2D eigenvalue weighted by molar-refractivity contribution is 5.96. The summed E-state index contributed by atoms with van der Waals surface area (Å²) in [5, 5.41) is 7.38. The third kappa shape index (κ3) is 3.96. The van der Waals surface area contributed by atoms with Gasteiger partial charge < -0.3 is 15.2 Å². The molecule has 0 unspecified atom stereocenters. The second-order valence-electron chi connectivity index (χ2n) is 4.44. The Labute approximate surface area is 128 Å². The van der Waals surface area contributed by atoms with Crippen LogP contribution < -0.4 is 15.2 Å². The largest absolute Gasteiger partial charge is 0.493 e. The van der Waals surface area contributed by atoms with E-state index in [9.17, 15) is 4.79 Å². The zero-order valence-electron chi connectivity index (χ0n) is 12.1. The minimum Gasteiger partial charge on any atom is -0.493 e. The number of esters is 1. The molecule has 0 radical (unpaired) electrons. The zero-order chi connectivity index (χ0) is 15.9. The summed E-state index contributed by atoms with van der Waals surface area (Å²) in [6.45, 7) is 0. The van der Waals surface area contributed by atoms with Gasteiger partial charge in [0.1, 0.15) is 5.84 Å². The predicted molar refractivity (Wildman–Crippen MR) is 85.1 cm³/mol. The van der Waals surface area contributed by atoms with Crippen molar-refractivity contribution < 1.29 is 14.3 Å². The molecule has 0 aliphatic carbocycles. The monoisotopic (exact) mass is 296 g/mol. The van der Waals surface area contributed by atoms with Crippen molar-refractivity contribution >= 4 is 17.9 Å². The maximum atomic E-state index is 11.8. The van der Waals surface area contributed by atoms with Crippen LogP contribution >= 0.6 is 0 Å².